The molecule has 2 fully saturated rings. The zero-order valence-corrected chi connectivity index (χ0v) is 20.9. The lowest BCUT2D eigenvalue weighted by atomic mass is 9.90. The number of rotatable bonds is 7. The van der Waals surface area contributed by atoms with Crippen LogP contribution in [0.3, 0.4) is 0 Å². The fourth-order valence-electron chi connectivity index (χ4n) is 5.24. The molecule has 1 aromatic carbocycles. The second kappa shape index (κ2) is 9.97. The Bertz CT molecular complexity index is 1070. The molecule has 2 aromatic rings. The first-order valence-corrected chi connectivity index (χ1v) is 13.8. The number of carbonyl (C=O) groups excluding carboxylic acids is 1. The second-order valence-electron chi connectivity index (χ2n) is 9.84. The molecule has 1 unspecified atom stereocenters. The molecule has 0 spiro atoms. The van der Waals surface area contributed by atoms with Gasteiger partial charge in [0.1, 0.15) is 0 Å². The average Bonchev–Trinajstić information content (AvgIpc) is 3.28. The van der Waals surface area contributed by atoms with E-state index in [0.717, 1.165) is 49.3 Å². The first kappa shape index (κ1) is 24.0. The van der Waals surface area contributed by atoms with E-state index < -0.39 is 9.84 Å². The largest absolute Gasteiger partial charge is 0.342 e. The summed E-state index contributed by atoms with van der Waals surface area (Å²) in [6, 6.07) is 10.5. The van der Waals surface area contributed by atoms with Crippen LogP contribution in [0, 0.1) is 19.8 Å². The van der Waals surface area contributed by atoms with Crippen molar-refractivity contribution in [1.29, 1.82) is 0 Å². The molecule has 1 atom stereocenters. The summed E-state index contributed by atoms with van der Waals surface area (Å²) in [5, 5.41) is 4.65. The van der Waals surface area contributed by atoms with E-state index in [2.05, 4.69) is 35.4 Å². The van der Waals surface area contributed by atoms with Gasteiger partial charge in [-0.3, -0.25) is 14.4 Å². The molecule has 0 radical (unpaired) electrons. The smallest absolute Gasteiger partial charge is 0.236 e. The van der Waals surface area contributed by atoms with E-state index in [0.29, 0.717) is 25.4 Å². The molecule has 4 rings (SSSR count). The third-order valence-electron chi connectivity index (χ3n) is 7.20. The van der Waals surface area contributed by atoms with Crippen molar-refractivity contribution in [3.05, 3.63) is 52.8 Å². The van der Waals surface area contributed by atoms with Crippen LogP contribution in [0.5, 0.6) is 0 Å². The highest BCUT2D eigenvalue weighted by atomic mass is 32.2. The number of aryl methyl sites for hydroxylation is 1. The number of likely N-dealkylation sites (tertiary alicyclic amines) is 1. The molecule has 1 aromatic heterocycles. The van der Waals surface area contributed by atoms with Crippen LogP contribution in [-0.4, -0.2) is 72.1 Å². The van der Waals surface area contributed by atoms with Crippen LogP contribution in [-0.2, 0) is 27.6 Å². The lowest BCUT2D eigenvalue weighted by Gasteiger charge is -2.33. The van der Waals surface area contributed by atoms with Gasteiger partial charge in [0, 0.05) is 30.9 Å². The minimum absolute atomic E-state index is 0.0773. The van der Waals surface area contributed by atoms with Gasteiger partial charge in [-0.1, -0.05) is 30.3 Å². The Labute approximate surface area is 197 Å². The Hall–Kier alpha value is -2.19. The van der Waals surface area contributed by atoms with Crippen molar-refractivity contribution in [2.24, 2.45) is 5.92 Å². The Kier molecular flexibility index (Phi) is 7.24. The van der Waals surface area contributed by atoms with Gasteiger partial charge < -0.3 is 4.90 Å². The maximum absolute atomic E-state index is 12.9. The van der Waals surface area contributed by atoms with Crippen LogP contribution >= 0.6 is 0 Å². The number of hydrogen-bond donors (Lipinski definition) is 0. The van der Waals surface area contributed by atoms with Gasteiger partial charge in [-0.15, -0.1) is 0 Å². The molecule has 1 amide bonds. The highest BCUT2D eigenvalue weighted by molar-refractivity contribution is 7.91. The van der Waals surface area contributed by atoms with Crippen molar-refractivity contribution in [2.75, 3.05) is 38.2 Å². The maximum Gasteiger partial charge on any atom is 0.236 e. The molecule has 0 bridgehead atoms. The van der Waals surface area contributed by atoms with Gasteiger partial charge in [-0.05, 0) is 58.1 Å². The van der Waals surface area contributed by atoms with Crippen LogP contribution in [0.15, 0.2) is 30.3 Å². The first-order valence-electron chi connectivity index (χ1n) is 12.0. The number of hydrogen-bond acceptors (Lipinski definition) is 5. The molecule has 2 aliphatic heterocycles. The Morgan fingerprint density at radius 1 is 1.12 bits per heavy atom. The summed E-state index contributed by atoms with van der Waals surface area (Å²) in [5.74, 6) is 1.23. The normalized spacial score (nSPS) is 21.1. The SMILES string of the molecule is Cc1nn(C2CCS(=O)(=O)C2)c(C)c1CN(C)CC(=O)N1CCC(Cc2ccccc2)CC1. The van der Waals surface area contributed by atoms with E-state index in [1.807, 2.05) is 35.4 Å². The summed E-state index contributed by atoms with van der Waals surface area (Å²) in [5.41, 5.74) is 4.40. The van der Waals surface area contributed by atoms with Gasteiger partial charge in [-0.2, -0.15) is 5.10 Å². The Balaban J connectivity index is 1.29. The predicted molar refractivity (Wildman–Crippen MR) is 130 cm³/mol. The first-order chi connectivity index (χ1) is 15.7. The van der Waals surface area contributed by atoms with Gasteiger partial charge in [0.25, 0.3) is 0 Å². The van der Waals surface area contributed by atoms with E-state index in [1.165, 1.54) is 5.56 Å². The number of benzene rings is 1. The molecule has 0 aliphatic carbocycles. The van der Waals surface area contributed by atoms with Gasteiger partial charge in [0.15, 0.2) is 9.84 Å². The molecular formula is C25H36N4O3S. The quantitative estimate of drug-likeness (QED) is 0.619. The number of aromatic nitrogens is 2. The van der Waals surface area contributed by atoms with E-state index in [-0.39, 0.29) is 23.5 Å². The summed E-state index contributed by atoms with van der Waals surface area (Å²) in [7, 11) is -0.990. The highest BCUT2D eigenvalue weighted by Crippen LogP contribution is 2.27. The Morgan fingerprint density at radius 3 is 2.45 bits per heavy atom. The summed E-state index contributed by atoms with van der Waals surface area (Å²) >= 11 is 0. The third-order valence-corrected chi connectivity index (χ3v) is 8.95. The molecule has 2 saturated heterocycles. The summed E-state index contributed by atoms with van der Waals surface area (Å²) in [4.78, 5) is 17.0. The summed E-state index contributed by atoms with van der Waals surface area (Å²) < 4.78 is 25.7. The van der Waals surface area contributed by atoms with Gasteiger partial charge in [0.2, 0.25) is 5.91 Å². The number of piperidine rings is 1. The van der Waals surface area contributed by atoms with Crippen LogP contribution in [0.2, 0.25) is 0 Å². The van der Waals surface area contributed by atoms with Crippen LogP contribution in [0.1, 0.15) is 47.8 Å². The van der Waals surface area contributed by atoms with E-state index in [9.17, 15) is 13.2 Å². The monoisotopic (exact) mass is 472 g/mol. The lowest BCUT2D eigenvalue weighted by molar-refractivity contribution is -0.133. The molecule has 3 heterocycles. The number of nitrogens with zero attached hydrogens (tertiary/aromatic N) is 4. The zero-order valence-electron chi connectivity index (χ0n) is 20.0. The average molecular weight is 473 g/mol. The van der Waals surface area contributed by atoms with Crippen molar-refractivity contribution in [3.63, 3.8) is 0 Å². The van der Waals surface area contributed by atoms with E-state index in [4.69, 9.17) is 0 Å². The number of sulfone groups is 1. The third kappa shape index (κ3) is 5.84. The van der Waals surface area contributed by atoms with Gasteiger partial charge in [0.05, 0.1) is 29.8 Å². The molecule has 33 heavy (non-hydrogen) atoms. The van der Waals surface area contributed by atoms with Crippen molar-refractivity contribution >= 4 is 15.7 Å². The van der Waals surface area contributed by atoms with E-state index in [1.54, 1.807) is 0 Å². The molecule has 2 aliphatic rings. The minimum atomic E-state index is -2.96. The summed E-state index contributed by atoms with van der Waals surface area (Å²) in [6.45, 7) is 6.65. The van der Waals surface area contributed by atoms with E-state index >= 15 is 0 Å². The Morgan fingerprint density at radius 2 is 1.82 bits per heavy atom. The maximum atomic E-state index is 12.9. The van der Waals surface area contributed by atoms with Gasteiger partial charge in [-0.25, -0.2) is 8.42 Å². The standard InChI is InChI=1S/C25H36N4O3S/c1-19-24(20(2)29(26-19)23-11-14-33(31,32)18-23)16-27(3)17-25(30)28-12-9-22(10-13-28)15-21-7-5-4-6-8-21/h4-8,22-23H,9-18H2,1-3H3. The lowest BCUT2D eigenvalue weighted by Crippen LogP contribution is -2.43. The molecule has 0 N–H and O–H groups in total. The predicted octanol–water partition coefficient (Wildman–Crippen LogP) is 2.77. The highest BCUT2D eigenvalue weighted by Gasteiger charge is 2.32. The van der Waals surface area contributed by atoms with Crippen LogP contribution < -0.4 is 0 Å². The van der Waals surface area contributed by atoms with Crippen molar-refractivity contribution in [1.82, 2.24) is 19.6 Å². The second-order valence-corrected chi connectivity index (χ2v) is 12.1. The molecule has 180 valence electrons. The number of carbonyl (C=O) groups is 1. The van der Waals surface area contributed by atoms with Gasteiger partial charge >= 0.3 is 0 Å². The molecule has 8 heteroatoms. The number of amides is 1. The fraction of sp³-hybridized carbons (Fsp3) is 0.600. The van der Waals surface area contributed by atoms with Crippen LogP contribution in [0.25, 0.3) is 0 Å². The van der Waals surface area contributed by atoms with Crippen molar-refractivity contribution in [2.45, 2.75) is 52.1 Å². The summed E-state index contributed by atoms with van der Waals surface area (Å²) in [6.07, 6.45) is 3.82. The topological polar surface area (TPSA) is 75.5 Å². The minimum Gasteiger partial charge on any atom is -0.342 e. The number of likely N-dealkylation sites (N-methyl/N-ethyl adjacent to an activating group) is 1. The molecular weight excluding hydrogens is 436 g/mol. The fourth-order valence-corrected chi connectivity index (χ4v) is 6.93. The molecule has 7 nitrogen and oxygen atoms in total. The zero-order chi connectivity index (χ0) is 23.6. The van der Waals surface area contributed by atoms with Crippen molar-refractivity contribution < 1.29 is 13.2 Å². The van der Waals surface area contributed by atoms with Crippen molar-refractivity contribution in [3.8, 4) is 0 Å². The van der Waals surface area contributed by atoms with Crippen LogP contribution in [0.4, 0.5) is 0 Å². The molecule has 0 saturated carbocycles.